The third-order valence-electron chi connectivity index (χ3n) is 10.9. The number of hydrogen-bond donors (Lipinski definition) is 0. The van der Waals surface area contributed by atoms with E-state index >= 15 is 0 Å². The fourth-order valence-electron chi connectivity index (χ4n) is 7.26. The van der Waals surface area contributed by atoms with Gasteiger partial charge in [0.1, 0.15) is 0 Å². The summed E-state index contributed by atoms with van der Waals surface area (Å²) in [7, 11) is 0. The molecule has 6 rings (SSSR count). The molecule has 4 heteroatoms. The Labute approximate surface area is 375 Å². The summed E-state index contributed by atoms with van der Waals surface area (Å²) in [5, 5.41) is 14.1. The smallest absolute Gasteiger partial charge is 0.0289 e. The molecule has 0 aromatic heterocycles. The van der Waals surface area contributed by atoms with Crippen LogP contribution in [-0.2, 0) is 25.7 Å². The monoisotopic (exact) mass is 852 g/mol. The zero-order valence-electron chi connectivity index (χ0n) is 37.2. The lowest BCUT2D eigenvalue weighted by atomic mass is 9.92. The number of unbranched alkanes of at least 4 members (excludes halogenated alkanes) is 12. The van der Waals surface area contributed by atoms with Gasteiger partial charge in [0.25, 0.3) is 0 Å². The second-order valence-electron chi connectivity index (χ2n) is 16.0. The lowest BCUT2D eigenvalue weighted by Gasteiger charge is -2.12. The summed E-state index contributed by atoms with van der Waals surface area (Å²) in [6, 6.07) is 9.66. The molecule has 0 aliphatic carbocycles. The van der Waals surface area contributed by atoms with Crippen molar-refractivity contribution < 1.29 is 0 Å². The molecule has 58 heavy (non-hydrogen) atoms. The summed E-state index contributed by atoms with van der Waals surface area (Å²) in [5.74, 6) is 18.9. The number of benzene rings is 2. The van der Waals surface area contributed by atoms with Crippen LogP contribution < -0.4 is 0 Å². The molecule has 0 saturated carbocycles. The maximum atomic E-state index is 3.64. The van der Waals surface area contributed by atoms with Crippen LogP contribution in [0, 0.1) is 44.7 Å². The predicted molar refractivity (Wildman–Crippen MR) is 269 cm³/mol. The molecular weight excluding hydrogens is 777 g/mol. The zero-order valence-corrected chi connectivity index (χ0v) is 40.4. The molecule has 0 fully saturated rings. The first-order valence-corrected chi connectivity index (χ1v) is 27.5. The topological polar surface area (TPSA) is 0 Å². The molecule has 2 aromatic rings. The first-order valence-electron chi connectivity index (χ1n) is 23.5. The molecule has 0 N–H and O–H groups in total. The Hall–Kier alpha value is -1.92. The van der Waals surface area contributed by atoms with Gasteiger partial charge in [0, 0.05) is 45.3 Å². The molecule has 4 aliphatic rings. The Morgan fingerprint density at radius 3 is 0.793 bits per heavy atom. The highest BCUT2D eigenvalue weighted by molar-refractivity contribution is 8.04. The summed E-state index contributed by atoms with van der Waals surface area (Å²) in [6.45, 7) is 9.18. The number of hydrogen-bond acceptors (Lipinski definition) is 4. The lowest BCUT2D eigenvalue weighted by Crippen LogP contribution is -1.99. The molecule has 316 valence electrons. The average molecular weight is 853 g/mol. The van der Waals surface area contributed by atoms with E-state index in [1.165, 1.54) is 186 Å². The van der Waals surface area contributed by atoms with E-state index in [1.54, 1.807) is 47.0 Å². The molecule has 4 heterocycles. The SMILES string of the molecule is CCCCCCc1cc2c(CCCCCC)cc1C#CSCCCCCSC#Cc1cc(CCCCCC)c(cc1CCCCCC)C#CSCCCCCSC#C2. The molecule has 4 bridgehead atoms. The van der Waals surface area contributed by atoms with Gasteiger partial charge in [-0.2, -0.15) is 0 Å². The molecule has 2 aromatic carbocycles. The molecule has 0 spiro atoms. The van der Waals surface area contributed by atoms with E-state index in [4.69, 9.17) is 0 Å². The van der Waals surface area contributed by atoms with Gasteiger partial charge in [-0.25, -0.2) is 0 Å². The molecule has 0 amide bonds. The van der Waals surface area contributed by atoms with Gasteiger partial charge in [0.05, 0.1) is 0 Å². The van der Waals surface area contributed by atoms with Crippen LogP contribution in [0.1, 0.15) is 213 Å². The van der Waals surface area contributed by atoms with Gasteiger partial charge in [-0.1, -0.05) is 188 Å². The predicted octanol–water partition coefficient (Wildman–Crippen LogP) is 16.4. The van der Waals surface area contributed by atoms with Crippen LogP contribution >= 0.6 is 47.0 Å². The summed E-state index contributed by atoms with van der Waals surface area (Å²) in [6.07, 6.45) is 32.0. The molecule has 0 radical (unpaired) electrons. The Bertz CT molecular complexity index is 1430. The van der Waals surface area contributed by atoms with Crippen molar-refractivity contribution in [2.45, 2.75) is 195 Å². The minimum absolute atomic E-state index is 1.09. The number of thioether (sulfide) groups is 4. The van der Waals surface area contributed by atoms with Crippen molar-refractivity contribution in [2.75, 3.05) is 23.0 Å². The minimum Gasteiger partial charge on any atom is -0.0747 e. The van der Waals surface area contributed by atoms with Crippen molar-refractivity contribution in [3.8, 4) is 44.7 Å². The van der Waals surface area contributed by atoms with E-state index < -0.39 is 0 Å². The summed E-state index contributed by atoms with van der Waals surface area (Å²) >= 11 is 7.21. The van der Waals surface area contributed by atoms with E-state index in [2.05, 4.69) is 96.7 Å². The van der Waals surface area contributed by atoms with E-state index in [1.807, 2.05) is 0 Å². The maximum absolute atomic E-state index is 3.64. The van der Waals surface area contributed by atoms with Crippen LogP contribution in [0.15, 0.2) is 24.3 Å². The second kappa shape index (κ2) is 34.8. The van der Waals surface area contributed by atoms with Crippen LogP contribution in [0.25, 0.3) is 0 Å². The quantitative estimate of drug-likeness (QED) is 0.0961. The lowest BCUT2D eigenvalue weighted by molar-refractivity contribution is 0.662. The normalized spacial score (nSPS) is 14.3. The fraction of sp³-hybridized carbons (Fsp3) is 0.630. The Morgan fingerprint density at radius 1 is 0.328 bits per heavy atom. The molecule has 4 aliphatic heterocycles. The van der Waals surface area contributed by atoms with Gasteiger partial charge in [0.15, 0.2) is 0 Å². The first-order chi connectivity index (χ1) is 28.7. The van der Waals surface area contributed by atoms with Crippen LogP contribution in [0.2, 0.25) is 0 Å². The van der Waals surface area contributed by atoms with E-state index in [0.717, 1.165) is 48.7 Å². The van der Waals surface area contributed by atoms with Crippen molar-refractivity contribution >= 4 is 47.0 Å². The van der Waals surface area contributed by atoms with Crippen LogP contribution in [0.4, 0.5) is 0 Å². The van der Waals surface area contributed by atoms with Gasteiger partial charge in [-0.3, -0.25) is 0 Å². The van der Waals surface area contributed by atoms with Crippen LogP contribution in [-0.4, -0.2) is 23.0 Å². The third-order valence-corrected chi connectivity index (χ3v) is 13.8. The summed E-state index contributed by atoms with van der Waals surface area (Å²) in [4.78, 5) is 0. The molecule has 0 saturated heterocycles. The van der Waals surface area contributed by atoms with Crippen molar-refractivity contribution in [1.29, 1.82) is 0 Å². The molecular formula is C54H76S4. The van der Waals surface area contributed by atoms with Gasteiger partial charge in [0.2, 0.25) is 0 Å². The van der Waals surface area contributed by atoms with E-state index in [9.17, 15) is 0 Å². The zero-order chi connectivity index (χ0) is 41.1. The van der Waals surface area contributed by atoms with Crippen molar-refractivity contribution in [3.63, 3.8) is 0 Å². The van der Waals surface area contributed by atoms with E-state index in [-0.39, 0.29) is 0 Å². The fourth-order valence-corrected chi connectivity index (χ4v) is 9.79. The number of rotatable bonds is 20. The molecule has 0 unspecified atom stereocenters. The van der Waals surface area contributed by atoms with E-state index in [0.29, 0.717) is 0 Å². The highest BCUT2D eigenvalue weighted by atomic mass is 32.2. The summed E-state index contributed by atoms with van der Waals surface area (Å²) in [5.41, 5.74) is 10.6. The Morgan fingerprint density at radius 2 is 0.569 bits per heavy atom. The highest BCUT2D eigenvalue weighted by Gasteiger charge is 2.11. The number of aryl methyl sites for hydroxylation is 4. The van der Waals surface area contributed by atoms with Crippen molar-refractivity contribution in [2.24, 2.45) is 0 Å². The van der Waals surface area contributed by atoms with Crippen molar-refractivity contribution in [3.05, 3.63) is 68.8 Å². The van der Waals surface area contributed by atoms with Gasteiger partial charge >= 0.3 is 0 Å². The molecule has 0 atom stereocenters. The first kappa shape index (κ1) is 50.4. The Balaban J connectivity index is 1.79. The Kier molecular flexibility index (Phi) is 30.2. The third kappa shape index (κ3) is 22.6. The van der Waals surface area contributed by atoms with Gasteiger partial charge in [-0.15, -0.1) is 0 Å². The van der Waals surface area contributed by atoms with Gasteiger partial charge < -0.3 is 0 Å². The molecule has 0 nitrogen and oxygen atoms in total. The van der Waals surface area contributed by atoms with Crippen LogP contribution in [0.5, 0.6) is 0 Å². The van der Waals surface area contributed by atoms with Gasteiger partial charge in [-0.05, 0) is 145 Å². The summed E-state index contributed by atoms with van der Waals surface area (Å²) < 4.78 is 0. The van der Waals surface area contributed by atoms with Crippen molar-refractivity contribution in [1.82, 2.24) is 0 Å². The minimum atomic E-state index is 1.09. The standard InChI is InChI=1S/C54H76S4/c1-5-9-13-19-27-47-43-52-32-40-56-36-24-18-26-38-58-42-34-54-46-49(29-21-15-11-7-3)53(45-50(54)30-22-16-12-8-4)33-41-57-37-25-17-23-35-55-39-31-51(47)44-48(52)28-20-14-10-6-2/h43-46H,5-30,35-38H2,1-4H3. The average Bonchev–Trinajstić information content (AvgIpc) is 3.23. The largest absolute Gasteiger partial charge is 0.0747 e. The highest BCUT2D eigenvalue weighted by Crippen LogP contribution is 2.24. The maximum Gasteiger partial charge on any atom is 0.0289 e. The van der Waals surface area contributed by atoms with Crippen LogP contribution in [0.3, 0.4) is 0 Å². The second-order valence-corrected chi connectivity index (χ2v) is 19.6.